The van der Waals surface area contributed by atoms with Crippen molar-refractivity contribution in [2.45, 2.75) is 5.66 Å². The molecule has 1 aliphatic carbocycles. The average Bonchev–Trinajstić information content (AvgIpc) is 1.36. The molecule has 0 saturated carbocycles. The number of rotatable bonds is 0. The van der Waals surface area contributed by atoms with Crippen molar-refractivity contribution in [1.82, 2.24) is 0 Å². The zero-order valence-electron chi connectivity index (χ0n) is 2.15. The number of allylic oxidation sites excluding steroid dienone is 2. The van der Waals surface area contributed by atoms with Crippen LogP contribution in [0.25, 0.3) is 0 Å². The maximum Gasteiger partial charge on any atom is 0.0237 e. The molecular formula is C3H3P. The Hall–Kier alpha value is 0.170. The Labute approximate surface area is 26.7 Å². The molecule has 0 amide bonds. The normalized spacial score (nSPS) is 52.0. The summed E-state index contributed by atoms with van der Waals surface area (Å²) in [6.07, 6.45) is 2.32. The summed E-state index contributed by atoms with van der Waals surface area (Å²) in [7, 11) is 1.27. The molecule has 1 heteroatoms. The van der Waals surface area contributed by atoms with Gasteiger partial charge in [0.2, 0.25) is 0 Å². The van der Waals surface area contributed by atoms with Gasteiger partial charge in [-0.15, -0.1) is 0 Å². The van der Waals surface area contributed by atoms with Gasteiger partial charge in [-0.2, -0.15) is 0 Å². The lowest BCUT2D eigenvalue weighted by atomic mass is 10.9. The van der Waals surface area contributed by atoms with Crippen LogP contribution in [-0.4, -0.2) is 5.66 Å². The third-order valence-electron chi connectivity index (χ3n) is 0.811. The van der Waals surface area contributed by atoms with E-state index in [1.165, 1.54) is 8.58 Å². The Morgan fingerprint density at radius 1 is 2.00 bits per heavy atom. The molecule has 2 aliphatic rings. The van der Waals surface area contributed by atoms with E-state index in [2.05, 4.69) is 6.08 Å². The standard InChI is InChI=1S/C3H3P/c1-2-3(1)4-2/h1-2,4H/t2-/m0/s1. The van der Waals surface area contributed by atoms with Crippen molar-refractivity contribution in [1.29, 1.82) is 0 Å². The maximum absolute atomic E-state index is 2.32. The first-order valence-electron chi connectivity index (χ1n) is 1.45. The SMILES string of the molecule is C1=C2P[C@@H]12. The molecule has 0 aromatic rings. The lowest BCUT2D eigenvalue weighted by Gasteiger charge is -1.49. The van der Waals surface area contributed by atoms with Crippen molar-refractivity contribution in [2.24, 2.45) is 0 Å². The molecule has 1 aliphatic heterocycles. The molecule has 20 valence electrons. The van der Waals surface area contributed by atoms with Gasteiger partial charge in [-0.05, 0) is 5.31 Å². The average molecular weight is 70.0 g/mol. The van der Waals surface area contributed by atoms with Crippen LogP contribution in [0.3, 0.4) is 0 Å². The van der Waals surface area contributed by atoms with E-state index in [0.29, 0.717) is 0 Å². The summed E-state index contributed by atoms with van der Waals surface area (Å²) in [6, 6.07) is 0. The zero-order valence-corrected chi connectivity index (χ0v) is 3.15. The second kappa shape index (κ2) is 0.224. The lowest BCUT2D eigenvalue weighted by Crippen LogP contribution is -1.34. The molecule has 0 radical (unpaired) electrons. The smallest absolute Gasteiger partial charge is 0.0237 e. The van der Waals surface area contributed by atoms with Crippen LogP contribution in [0.1, 0.15) is 0 Å². The van der Waals surface area contributed by atoms with Crippen LogP contribution in [0.15, 0.2) is 11.4 Å². The van der Waals surface area contributed by atoms with Crippen LogP contribution in [0, 0.1) is 0 Å². The molecule has 0 aromatic carbocycles. The van der Waals surface area contributed by atoms with E-state index < -0.39 is 0 Å². The molecule has 2 atom stereocenters. The summed E-state index contributed by atoms with van der Waals surface area (Å²) in [5, 5.41) is 1.74. The summed E-state index contributed by atoms with van der Waals surface area (Å²) in [5.41, 5.74) is 1.07. The van der Waals surface area contributed by atoms with Crippen LogP contribution in [-0.2, 0) is 0 Å². The van der Waals surface area contributed by atoms with Gasteiger partial charge < -0.3 is 0 Å². The summed E-state index contributed by atoms with van der Waals surface area (Å²) in [4.78, 5) is 0. The fourth-order valence-corrected chi connectivity index (χ4v) is 0.789. The van der Waals surface area contributed by atoms with Crippen molar-refractivity contribution in [2.75, 3.05) is 0 Å². The van der Waals surface area contributed by atoms with Crippen LogP contribution >= 0.6 is 8.58 Å². The van der Waals surface area contributed by atoms with Gasteiger partial charge in [0.15, 0.2) is 0 Å². The van der Waals surface area contributed by atoms with Crippen LogP contribution in [0.4, 0.5) is 0 Å². The molecule has 1 saturated heterocycles. The Kier molecular flexibility index (Phi) is 0.0876. The molecule has 2 rings (SSSR count). The third-order valence-corrected chi connectivity index (χ3v) is 2.10. The summed E-state index contributed by atoms with van der Waals surface area (Å²) < 4.78 is 0. The summed E-state index contributed by atoms with van der Waals surface area (Å²) >= 11 is 0. The maximum atomic E-state index is 2.32. The van der Waals surface area contributed by atoms with E-state index in [9.17, 15) is 0 Å². The van der Waals surface area contributed by atoms with Gasteiger partial charge in [-0.1, -0.05) is 14.7 Å². The van der Waals surface area contributed by atoms with Gasteiger partial charge in [0, 0.05) is 5.66 Å². The molecule has 1 unspecified atom stereocenters. The second-order valence-electron chi connectivity index (χ2n) is 1.24. The first kappa shape index (κ1) is 1.57. The monoisotopic (exact) mass is 70.0 g/mol. The Morgan fingerprint density at radius 2 is 2.25 bits per heavy atom. The summed E-state index contributed by atoms with van der Waals surface area (Å²) in [6.45, 7) is 0. The van der Waals surface area contributed by atoms with E-state index in [1.54, 1.807) is 5.31 Å². The minimum atomic E-state index is 1.07. The van der Waals surface area contributed by atoms with Gasteiger partial charge in [0.25, 0.3) is 0 Å². The fraction of sp³-hybridized carbons (Fsp3) is 0.333. The lowest BCUT2D eigenvalue weighted by molar-refractivity contribution is 1.82. The largest absolute Gasteiger partial charge is 0.0824 e. The van der Waals surface area contributed by atoms with E-state index in [-0.39, 0.29) is 0 Å². The second-order valence-corrected chi connectivity index (χ2v) is 2.73. The Morgan fingerprint density at radius 3 is 2.25 bits per heavy atom. The van der Waals surface area contributed by atoms with Crippen molar-refractivity contribution in [3.63, 3.8) is 0 Å². The Balaban J connectivity index is 2.85. The quantitative estimate of drug-likeness (QED) is 0.372. The minimum absolute atomic E-state index is 1.07. The van der Waals surface area contributed by atoms with Crippen LogP contribution in [0.2, 0.25) is 0 Å². The molecule has 0 aromatic heterocycles. The fourth-order valence-electron chi connectivity index (χ4n) is 0.263. The highest BCUT2D eigenvalue weighted by atomic mass is 31.1. The molecule has 0 spiro atoms. The van der Waals surface area contributed by atoms with Crippen LogP contribution < -0.4 is 0 Å². The minimum Gasteiger partial charge on any atom is -0.0824 e. The van der Waals surface area contributed by atoms with E-state index in [4.69, 9.17) is 0 Å². The van der Waals surface area contributed by atoms with Gasteiger partial charge in [-0.3, -0.25) is 0 Å². The van der Waals surface area contributed by atoms with E-state index in [0.717, 1.165) is 5.66 Å². The molecule has 1 heterocycles. The van der Waals surface area contributed by atoms with Gasteiger partial charge in [0.05, 0.1) is 0 Å². The molecule has 0 bridgehead atoms. The molecule has 0 nitrogen and oxygen atoms in total. The van der Waals surface area contributed by atoms with Gasteiger partial charge in [0.1, 0.15) is 0 Å². The first-order chi connectivity index (χ1) is 1.97. The topological polar surface area (TPSA) is 0 Å². The molecule has 1 fully saturated rings. The van der Waals surface area contributed by atoms with Crippen LogP contribution in [0.5, 0.6) is 0 Å². The van der Waals surface area contributed by atoms with E-state index in [1.807, 2.05) is 0 Å². The van der Waals surface area contributed by atoms with Crippen molar-refractivity contribution < 1.29 is 0 Å². The van der Waals surface area contributed by atoms with Crippen molar-refractivity contribution >= 4 is 8.58 Å². The van der Waals surface area contributed by atoms with Gasteiger partial charge >= 0.3 is 0 Å². The first-order valence-corrected chi connectivity index (χ1v) is 2.53. The number of fused-ring (bicyclic) bond motifs is 1. The molecule has 4 heavy (non-hydrogen) atoms. The number of hydrogen-bond donors (Lipinski definition) is 0. The predicted octanol–water partition coefficient (Wildman–Crippen LogP) is 0.945. The Bertz CT molecular complexity index is 83.3. The zero-order chi connectivity index (χ0) is 2.57. The summed E-state index contributed by atoms with van der Waals surface area (Å²) in [5.74, 6) is 0. The van der Waals surface area contributed by atoms with E-state index >= 15 is 0 Å². The highest BCUT2D eigenvalue weighted by Gasteiger charge is 2.40. The molecular weight excluding hydrogens is 67.0 g/mol. The highest BCUT2D eigenvalue weighted by Crippen LogP contribution is 2.67. The molecule has 0 N–H and O–H groups in total. The van der Waals surface area contributed by atoms with Gasteiger partial charge in [-0.25, -0.2) is 0 Å². The number of hydrogen-bond acceptors (Lipinski definition) is 0. The van der Waals surface area contributed by atoms with Crippen molar-refractivity contribution in [3.05, 3.63) is 11.4 Å². The van der Waals surface area contributed by atoms with Crippen molar-refractivity contribution in [3.8, 4) is 0 Å². The predicted molar refractivity (Wildman–Crippen MR) is 20.2 cm³/mol. The highest BCUT2D eigenvalue weighted by molar-refractivity contribution is 7.57. The third kappa shape index (κ3) is 0.0445.